The number of rotatable bonds is 5. The molecule has 0 radical (unpaired) electrons. The molecule has 7 heteroatoms. The molecule has 0 fully saturated rings. The van der Waals surface area contributed by atoms with E-state index in [-0.39, 0.29) is 11.7 Å². The summed E-state index contributed by atoms with van der Waals surface area (Å²) in [5, 5.41) is 10.8. The summed E-state index contributed by atoms with van der Waals surface area (Å²) in [5.74, 6) is -0.557. The Bertz CT molecular complexity index is 858. The van der Waals surface area contributed by atoms with Gasteiger partial charge in [-0.05, 0) is 43.5 Å². The number of benzene rings is 1. The van der Waals surface area contributed by atoms with Gasteiger partial charge in [-0.1, -0.05) is 11.6 Å². The van der Waals surface area contributed by atoms with E-state index in [4.69, 9.17) is 11.6 Å². The lowest BCUT2D eigenvalue weighted by Crippen LogP contribution is -2.24. The first-order chi connectivity index (χ1) is 11.1. The van der Waals surface area contributed by atoms with Crippen LogP contribution in [0.3, 0.4) is 0 Å². The zero-order chi connectivity index (χ0) is 16.4. The molecule has 0 bridgehead atoms. The summed E-state index contributed by atoms with van der Waals surface area (Å²) in [6, 6.07) is 4.34. The molecule has 4 nitrogen and oxygen atoms in total. The molecule has 3 rings (SSSR count). The van der Waals surface area contributed by atoms with Gasteiger partial charge in [0, 0.05) is 22.3 Å². The Morgan fingerprint density at radius 1 is 1.48 bits per heavy atom. The van der Waals surface area contributed by atoms with Crippen LogP contribution in [0.5, 0.6) is 0 Å². The highest BCUT2D eigenvalue weighted by molar-refractivity contribution is 7.21. The van der Waals surface area contributed by atoms with E-state index in [1.54, 1.807) is 12.3 Å². The molecular formula is C16H15ClFN3OS. The van der Waals surface area contributed by atoms with Gasteiger partial charge in [0.25, 0.3) is 5.91 Å². The van der Waals surface area contributed by atoms with Gasteiger partial charge >= 0.3 is 0 Å². The Balaban J connectivity index is 1.62. The van der Waals surface area contributed by atoms with Crippen molar-refractivity contribution < 1.29 is 9.18 Å². The molecular weight excluding hydrogens is 337 g/mol. The lowest BCUT2D eigenvalue weighted by Gasteiger charge is -2.04. The second-order valence-electron chi connectivity index (χ2n) is 5.27. The predicted octanol–water partition coefficient (Wildman–Crippen LogP) is 4.09. The standard InChI is InChI=1S/C16H15ClFN3OS/c1-9-10(8-20-21-9)3-2-6-19-16(22)15-14(17)12-5-4-11(18)7-13(12)23-15/h4-5,7-8H,2-3,6H2,1H3,(H,19,22)(H,20,21). The van der Waals surface area contributed by atoms with E-state index >= 15 is 0 Å². The van der Waals surface area contributed by atoms with E-state index in [1.165, 1.54) is 23.5 Å². The lowest BCUT2D eigenvalue weighted by molar-refractivity contribution is 0.0957. The number of nitrogens with zero attached hydrogens (tertiary/aromatic N) is 1. The average molecular weight is 352 g/mol. The van der Waals surface area contributed by atoms with Gasteiger partial charge in [0.1, 0.15) is 10.7 Å². The summed E-state index contributed by atoms with van der Waals surface area (Å²) in [4.78, 5) is 12.7. The van der Waals surface area contributed by atoms with Crippen molar-refractivity contribution in [1.82, 2.24) is 15.5 Å². The van der Waals surface area contributed by atoms with E-state index in [0.717, 1.165) is 24.1 Å². The van der Waals surface area contributed by atoms with Crippen LogP contribution >= 0.6 is 22.9 Å². The van der Waals surface area contributed by atoms with Crippen LogP contribution in [-0.2, 0) is 6.42 Å². The van der Waals surface area contributed by atoms with Crippen LogP contribution in [0.1, 0.15) is 27.3 Å². The van der Waals surface area contributed by atoms with Crippen molar-refractivity contribution >= 4 is 38.9 Å². The van der Waals surface area contributed by atoms with Crippen molar-refractivity contribution in [2.75, 3.05) is 6.54 Å². The Kier molecular flexibility index (Phi) is 4.63. The minimum absolute atomic E-state index is 0.222. The van der Waals surface area contributed by atoms with Gasteiger partial charge < -0.3 is 5.32 Å². The Morgan fingerprint density at radius 3 is 3.04 bits per heavy atom. The summed E-state index contributed by atoms with van der Waals surface area (Å²) in [6.07, 6.45) is 3.45. The van der Waals surface area contributed by atoms with E-state index in [1.807, 2.05) is 6.92 Å². The Hall–Kier alpha value is -1.92. The molecule has 0 aliphatic heterocycles. The molecule has 0 unspecified atom stereocenters. The Labute approximate surface area is 141 Å². The van der Waals surface area contributed by atoms with Crippen molar-refractivity contribution in [3.8, 4) is 0 Å². The van der Waals surface area contributed by atoms with Crippen LogP contribution < -0.4 is 5.32 Å². The SMILES string of the molecule is Cc1[nH]ncc1CCCNC(=O)c1sc2cc(F)ccc2c1Cl. The maximum absolute atomic E-state index is 13.2. The third-order valence-electron chi connectivity index (χ3n) is 3.64. The topological polar surface area (TPSA) is 57.8 Å². The van der Waals surface area contributed by atoms with Gasteiger partial charge in [-0.15, -0.1) is 11.3 Å². The number of halogens is 2. The minimum atomic E-state index is -0.335. The third kappa shape index (κ3) is 3.38. The first-order valence-corrected chi connectivity index (χ1v) is 8.40. The normalized spacial score (nSPS) is 11.1. The highest BCUT2D eigenvalue weighted by atomic mass is 35.5. The van der Waals surface area contributed by atoms with Gasteiger partial charge in [-0.3, -0.25) is 9.89 Å². The fourth-order valence-electron chi connectivity index (χ4n) is 2.37. The number of carbonyl (C=O) groups excluding carboxylic acids is 1. The molecule has 0 atom stereocenters. The number of carbonyl (C=O) groups is 1. The highest BCUT2D eigenvalue weighted by Crippen LogP contribution is 2.35. The first-order valence-electron chi connectivity index (χ1n) is 7.21. The van der Waals surface area contributed by atoms with E-state index < -0.39 is 0 Å². The highest BCUT2D eigenvalue weighted by Gasteiger charge is 2.17. The largest absolute Gasteiger partial charge is 0.351 e. The number of amides is 1. The van der Waals surface area contributed by atoms with Crippen LogP contribution in [0, 0.1) is 12.7 Å². The van der Waals surface area contributed by atoms with Gasteiger partial charge in [-0.2, -0.15) is 5.10 Å². The monoisotopic (exact) mass is 351 g/mol. The van der Waals surface area contributed by atoms with Crippen molar-refractivity contribution in [3.63, 3.8) is 0 Å². The second-order valence-corrected chi connectivity index (χ2v) is 6.70. The second kappa shape index (κ2) is 6.68. The maximum atomic E-state index is 13.2. The van der Waals surface area contributed by atoms with Crippen LogP contribution in [0.2, 0.25) is 5.02 Å². The number of H-pyrrole nitrogens is 1. The maximum Gasteiger partial charge on any atom is 0.262 e. The fourth-order valence-corrected chi connectivity index (χ4v) is 3.83. The van der Waals surface area contributed by atoms with Crippen LogP contribution in [0.25, 0.3) is 10.1 Å². The summed E-state index contributed by atoms with van der Waals surface area (Å²) in [7, 11) is 0. The molecule has 3 aromatic rings. The first kappa shape index (κ1) is 16.0. The molecule has 0 aliphatic rings. The van der Waals surface area contributed by atoms with Crippen LogP contribution in [0.4, 0.5) is 4.39 Å². The van der Waals surface area contributed by atoms with E-state index in [2.05, 4.69) is 15.5 Å². The molecule has 2 aromatic heterocycles. The number of hydrogen-bond acceptors (Lipinski definition) is 3. The zero-order valence-corrected chi connectivity index (χ0v) is 14.0. The van der Waals surface area contributed by atoms with Gasteiger partial charge in [-0.25, -0.2) is 4.39 Å². The predicted molar refractivity (Wildman–Crippen MR) is 90.8 cm³/mol. The van der Waals surface area contributed by atoms with Crippen molar-refractivity contribution in [2.45, 2.75) is 19.8 Å². The number of fused-ring (bicyclic) bond motifs is 1. The molecule has 2 heterocycles. The van der Waals surface area contributed by atoms with Crippen molar-refractivity contribution in [3.05, 3.63) is 51.4 Å². The number of thiophene rings is 1. The molecule has 120 valence electrons. The van der Waals surface area contributed by atoms with Crippen molar-refractivity contribution in [2.24, 2.45) is 0 Å². The summed E-state index contributed by atoms with van der Waals surface area (Å²) in [6.45, 7) is 2.51. The van der Waals surface area contributed by atoms with E-state index in [0.29, 0.717) is 26.5 Å². The van der Waals surface area contributed by atoms with Crippen LogP contribution in [-0.4, -0.2) is 22.6 Å². The third-order valence-corrected chi connectivity index (χ3v) is 5.30. The molecule has 0 saturated carbocycles. The molecule has 0 saturated heterocycles. The zero-order valence-electron chi connectivity index (χ0n) is 12.5. The quantitative estimate of drug-likeness (QED) is 0.680. The molecule has 1 amide bonds. The lowest BCUT2D eigenvalue weighted by atomic mass is 10.1. The fraction of sp³-hybridized carbons (Fsp3) is 0.250. The minimum Gasteiger partial charge on any atom is -0.351 e. The van der Waals surface area contributed by atoms with E-state index in [9.17, 15) is 9.18 Å². The van der Waals surface area contributed by atoms with Gasteiger partial charge in [0.05, 0.1) is 11.2 Å². The molecule has 0 aliphatic carbocycles. The van der Waals surface area contributed by atoms with Crippen LogP contribution in [0.15, 0.2) is 24.4 Å². The number of nitrogens with one attached hydrogen (secondary N) is 2. The number of aromatic nitrogens is 2. The summed E-state index contributed by atoms with van der Waals surface area (Å²) < 4.78 is 13.9. The molecule has 1 aromatic carbocycles. The summed E-state index contributed by atoms with van der Waals surface area (Å²) in [5.41, 5.74) is 2.19. The van der Waals surface area contributed by atoms with Gasteiger partial charge in [0.15, 0.2) is 0 Å². The smallest absolute Gasteiger partial charge is 0.262 e. The number of hydrogen-bond donors (Lipinski definition) is 2. The average Bonchev–Trinajstić information content (AvgIpc) is 3.07. The number of aromatic amines is 1. The number of aryl methyl sites for hydroxylation is 2. The molecule has 2 N–H and O–H groups in total. The molecule has 23 heavy (non-hydrogen) atoms. The molecule has 0 spiro atoms. The summed E-state index contributed by atoms with van der Waals surface area (Å²) >= 11 is 7.44. The van der Waals surface area contributed by atoms with Crippen molar-refractivity contribution in [1.29, 1.82) is 0 Å². The van der Waals surface area contributed by atoms with Gasteiger partial charge in [0.2, 0.25) is 0 Å². The Morgan fingerprint density at radius 2 is 2.30 bits per heavy atom.